The molecule has 1 N–H and O–H groups in total. The lowest BCUT2D eigenvalue weighted by atomic mass is 10.1. The quantitative estimate of drug-likeness (QED) is 0.912. The van der Waals surface area contributed by atoms with Crippen LogP contribution in [0.2, 0.25) is 0 Å². The van der Waals surface area contributed by atoms with E-state index in [-0.39, 0.29) is 6.54 Å². The van der Waals surface area contributed by atoms with Gasteiger partial charge in [0.15, 0.2) is 0 Å². The summed E-state index contributed by atoms with van der Waals surface area (Å²) in [5, 5.41) is 10.2. The van der Waals surface area contributed by atoms with Crippen molar-refractivity contribution in [1.29, 1.82) is 0 Å². The Morgan fingerprint density at radius 2 is 2.00 bits per heavy atom. The van der Waals surface area contributed by atoms with Gasteiger partial charge in [0.1, 0.15) is 12.2 Å². The second-order valence-corrected chi connectivity index (χ2v) is 5.58. The minimum absolute atomic E-state index is 0.0896. The molecule has 6 nitrogen and oxygen atoms in total. The van der Waals surface area contributed by atoms with Crippen molar-refractivity contribution in [3.05, 3.63) is 41.7 Å². The standard InChI is InChI=1S/C15H16F3N5O/c16-15(17,18)10-19-14(24)9-22-7-6-13-12(8-22)20-21-23(13)11-4-2-1-3-5-11/h1-5H,6-10H2,(H,19,24). The van der Waals surface area contributed by atoms with Crippen LogP contribution in [0.15, 0.2) is 30.3 Å². The van der Waals surface area contributed by atoms with E-state index in [0.717, 1.165) is 17.1 Å². The Balaban J connectivity index is 1.62. The fourth-order valence-corrected chi connectivity index (χ4v) is 2.63. The van der Waals surface area contributed by atoms with Crippen LogP contribution in [0.1, 0.15) is 11.4 Å². The fourth-order valence-electron chi connectivity index (χ4n) is 2.63. The Morgan fingerprint density at radius 3 is 2.71 bits per heavy atom. The lowest BCUT2D eigenvalue weighted by Gasteiger charge is -2.25. The summed E-state index contributed by atoms with van der Waals surface area (Å²) in [5.41, 5.74) is 2.62. The molecule has 0 spiro atoms. The second-order valence-electron chi connectivity index (χ2n) is 5.58. The zero-order valence-electron chi connectivity index (χ0n) is 12.8. The summed E-state index contributed by atoms with van der Waals surface area (Å²) in [4.78, 5) is 13.4. The second kappa shape index (κ2) is 6.60. The summed E-state index contributed by atoms with van der Waals surface area (Å²) >= 11 is 0. The third kappa shape index (κ3) is 3.91. The van der Waals surface area contributed by atoms with E-state index < -0.39 is 18.6 Å². The lowest BCUT2D eigenvalue weighted by Crippen LogP contribution is -2.42. The Bertz CT molecular complexity index is 714. The van der Waals surface area contributed by atoms with Gasteiger partial charge in [0, 0.05) is 19.5 Å². The Hall–Kier alpha value is -2.42. The predicted octanol–water partition coefficient (Wildman–Crippen LogP) is 1.30. The summed E-state index contributed by atoms with van der Waals surface area (Å²) in [6.07, 6.45) is -3.77. The van der Waals surface area contributed by atoms with Crippen molar-refractivity contribution in [2.45, 2.75) is 19.1 Å². The average molecular weight is 339 g/mol. The van der Waals surface area contributed by atoms with Crippen molar-refractivity contribution in [2.75, 3.05) is 19.6 Å². The van der Waals surface area contributed by atoms with E-state index in [1.807, 2.05) is 35.6 Å². The van der Waals surface area contributed by atoms with Crippen LogP contribution in [-0.2, 0) is 17.8 Å². The van der Waals surface area contributed by atoms with Crippen LogP contribution in [-0.4, -0.2) is 51.6 Å². The average Bonchev–Trinajstić information content (AvgIpc) is 2.96. The molecule has 2 heterocycles. The number of hydrogen-bond donors (Lipinski definition) is 1. The molecule has 0 radical (unpaired) electrons. The predicted molar refractivity (Wildman–Crippen MR) is 79.4 cm³/mol. The first-order chi connectivity index (χ1) is 11.4. The first-order valence-electron chi connectivity index (χ1n) is 7.47. The van der Waals surface area contributed by atoms with Gasteiger partial charge >= 0.3 is 6.18 Å². The van der Waals surface area contributed by atoms with E-state index in [1.54, 1.807) is 9.58 Å². The van der Waals surface area contributed by atoms with Gasteiger partial charge in [-0.2, -0.15) is 13.2 Å². The molecular formula is C15H16F3N5O. The van der Waals surface area contributed by atoms with E-state index in [1.165, 1.54) is 0 Å². The number of hydrogen-bond acceptors (Lipinski definition) is 4. The molecule has 2 aromatic rings. The maximum absolute atomic E-state index is 12.1. The molecule has 1 aliphatic rings. The number of para-hydroxylation sites is 1. The highest BCUT2D eigenvalue weighted by Crippen LogP contribution is 2.19. The third-order valence-electron chi connectivity index (χ3n) is 3.74. The van der Waals surface area contributed by atoms with Crippen LogP contribution in [0.3, 0.4) is 0 Å². The number of nitrogens with one attached hydrogen (secondary N) is 1. The van der Waals surface area contributed by atoms with Gasteiger partial charge in [-0.3, -0.25) is 9.69 Å². The number of carbonyl (C=O) groups is 1. The van der Waals surface area contributed by atoms with Crippen molar-refractivity contribution in [1.82, 2.24) is 25.2 Å². The minimum Gasteiger partial charge on any atom is -0.346 e. The maximum atomic E-state index is 12.1. The Labute approximate surface area is 136 Å². The van der Waals surface area contributed by atoms with Gasteiger partial charge < -0.3 is 5.32 Å². The minimum atomic E-state index is -4.40. The smallest absolute Gasteiger partial charge is 0.346 e. The number of aromatic nitrogens is 3. The Kier molecular flexibility index (Phi) is 4.52. The van der Waals surface area contributed by atoms with Gasteiger partial charge in [-0.05, 0) is 12.1 Å². The molecule has 24 heavy (non-hydrogen) atoms. The van der Waals surface area contributed by atoms with E-state index in [0.29, 0.717) is 19.5 Å². The summed E-state index contributed by atoms with van der Waals surface area (Å²) in [6.45, 7) is -0.447. The zero-order chi connectivity index (χ0) is 17.2. The molecule has 9 heteroatoms. The van der Waals surface area contributed by atoms with Crippen LogP contribution in [0.4, 0.5) is 13.2 Å². The highest BCUT2D eigenvalue weighted by molar-refractivity contribution is 5.78. The first kappa shape index (κ1) is 16.4. The molecule has 0 aliphatic carbocycles. The normalized spacial score (nSPS) is 15.1. The van der Waals surface area contributed by atoms with Crippen LogP contribution in [0.5, 0.6) is 0 Å². The summed E-state index contributed by atoms with van der Waals surface area (Å²) in [7, 11) is 0. The number of fused-ring (bicyclic) bond motifs is 1. The molecule has 128 valence electrons. The highest BCUT2D eigenvalue weighted by atomic mass is 19.4. The molecule has 0 bridgehead atoms. The van der Waals surface area contributed by atoms with Crippen LogP contribution < -0.4 is 5.32 Å². The van der Waals surface area contributed by atoms with Crippen molar-refractivity contribution in [3.8, 4) is 5.69 Å². The van der Waals surface area contributed by atoms with Crippen molar-refractivity contribution >= 4 is 5.91 Å². The molecule has 0 saturated carbocycles. The molecule has 1 aromatic carbocycles. The third-order valence-corrected chi connectivity index (χ3v) is 3.74. The number of halogens is 3. The number of alkyl halides is 3. The van der Waals surface area contributed by atoms with Gasteiger partial charge in [-0.25, -0.2) is 4.68 Å². The molecule has 0 saturated heterocycles. The largest absolute Gasteiger partial charge is 0.405 e. The van der Waals surface area contributed by atoms with Gasteiger partial charge in [0.2, 0.25) is 5.91 Å². The SMILES string of the molecule is O=C(CN1CCc2c(nnn2-c2ccccc2)C1)NCC(F)(F)F. The molecule has 0 fully saturated rings. The summed E-state index contributed by atoms with van der Waals surface area (Å²) in [5.74, 6) is -0.647. The van der Waals surface area contributed by atoms with E-state index >= 15 is 0 Å². The molecule has 1 aliphatic heterocycles. The molecular weight excluding hydrogens is 323 g/mol. The van der Waals surface area contributed by atoms with Crippen LogP contribution >= 0.6 is 0 Å². The zero-order valence-corrected chi connectivity index (χ0v) is 12.8. The van der Waals surface area contributed by atoms with Crippen molar-refractivity contribution < 1.29 is 18.0 Å². The number of nitrogens with zero attached hydrogens (tertiary/aromatic N) is 4. The van der Waals surface area contributed by atoms with Gasteiger partial charge in [-0.15, -0.1) is 5.10 Å². The fraction of sp³-hybridized carbons (Fsp3) is 0.400. The molecule has 3 rings (SSSR count). The molecule has 1 amide bonds. The van der Waals surface area contributed by atoms with E-state index in [2.05, 4.69) is 10.3 Å². The van der Waals surface area contributed by atoms with Crippen molar-refractivity contribution in [2.24, 2.45) is 0 Å². The number of carbonyl (C=O) groups excluding carboxylic acids is 1. The topological polar surface area (TPSA) is 63.1 Å². The van der Waals surface area contributed by atoms with Gasteiger partial charge in [0.05, 0.1) is 17.9 Å². The summed E-state index contributed by atoms with van der Waals surface area (Å²) in [6, 6.07) is 9.57. The summed E-state index contributed by atoms with van der Waals surface area (Å²) < 4.78 is 38.1. The van der Waals surface area contributed by atoms with Gasteiger partial charge in [0.25, 0.3) is 0 Å². The van der Waals surface area contributed by atoms with Gasteiger partial charge in [-0.1, -0.05) is 23.4 Å². The number of amides is 1. The molecule has 1 aromatic heterocycles. The monoisotopic (exact) mass is 339 g/mol. The highest BCUT2D eigenvalue weighted by Gasteiger charge is 2.29. The molecule has 0 unspecified atom stereocenters. The Morgan fingerprint density at radius 1 is 1.25 bits per heavy atom. The van der Waals surface area contributed by atoms with E-state index in [4.69, 9.17) is 0 Å². The van der Waals surface area contributed by atoms with Crippen LogP contribution in [0.25, 0.3) is 5.69 Å². The van der Waals surface area contributed by atoms with Crippen molar-refractivity contribution in [3.63, 3.8) is 0 Å². The molecule has 0 atom stereocenters. The lowest BCUT2D eigenvalue weighted by molar-refractivity contribution is -0.139. The van der Waals surface area contributed by atoms with Crippen LogP contribution in [0, 0.1) is 0 Å². The maximum Gasteiger partial charge on any atom is 0.405 e. The number of benzene rings is 1. The van der Waals surface area contributed by atoms with E-state index in [9.17, 15) is 18.0 Å². The first-order valence-corrected chi connectivity index (χ1v) is 7.47. The number of rotatable bonds is 4.